The van der Waals surface area contributed by atoms with Gasteiger partial charge in [-0.2, -0.15) is 18.4 Å². The molecule has 0 atom stereocenters. The number of hydrogen-bond donors (Lipinski definition) is 3. The number of carbonyl (C=O) groups excluding carboxylic acids is 1. The van der Waals surface area contributed by atoms with E-state index >= 15 is 0 Å². The Hall–Kier alpha value is -3.23. The quantitative estimate of drug-likeness (QED) is 0.626. The number of amides is 1. The van der Waals surface area contributed by atoms with E-state index in [-0.39, 0.29) is 18.9 Å². The number of aryl methyl sites for hydroxylation is 1. The molecule has 1 aromatic rings. The Kier molecular flexibility index (Phi) is 6.59. The molecule has 9 nitrogen and oxygen atoms in total. The van der Waals surface area contributed by atoms with Gasteiger partial charge in [0, 0.05) is 6.07 Å². The van der Waals surface area contributed by atoms with Crippen molar-refractivity contribution in [3.63, 3.8) is 0 Å². The van der Waals surface area contributed by atoms with Crippen LogP contribution in [0.25, 0.3) is 0 Å². The number of hydrogen-bond acceptors (Lipinski definition) is 5. The highest BCUT2D eigenvalue weighted by atomic mass is 19.4. The van der Waals surface area contributed by atoms with Crippen molar-refractivity contribution in [2.45, 2.75) is 37.5 Å². The molecule has 12 heteroatoms. The van der Waals surface area contributed by atoms with E-state index in [0.717, 1.165) is 0 Å². The smallest absolute Gasteiger partial charge is 0.481 e. The number of halogens is 3. The van der Waals surface area contributed by atoms with Gasteiger partial charge < -0.3 is 15.5 Å². The highest BCUT2D eigenvalue weighted by Crippen LogP contribution is 2.34. The van der Waals surface area contributed by atoms with Crippen LogP contribution in [0.1, 0.15) is 29.6 Å². The van der Waals surface area contributed by atoms with Crippen molar-refractivity contribution in [1.82, 2.24) is 10.4 Å². The molecule has 1 aliphatic carbocycles. The van der Waals surface area contributed by atoms with Gasteiger partial charge in [-0.25, -0.2) is 4.79 Å². The molecule has 2 rings (SSSR count). The number of aromatic nitrogens is 2. The lowest BCUT2D eigenvalue weighted by Gasteiger charge is -2.07. The summed E-state index contributed by atoms with van der Waals surface area (Å²) in [5, 5.41) is 31.2. The van der Waals surface area contributed by atoms with Crippen LogP contribution in [0.3, 0.4) is 0 Å². The summed E-state index contributed by atoms with van der Waals surface area (Å²) < 4.78 is 33.2. The third-order valence-corrected chi connectivity index (χ3v) is 3.15. The summed E-state index contributed by atoms with van der Waals surface area (Å²) in [6, 6.07) is 3.63. The van der Waals surface area contributed by atoms with Crippen molar-refractivity contribution in [2.75, 3.05) is 0 Å². The van der Waals surface area contributed by atoms with E-state index in [9.17, 15) is 22.8 Å². The molecule has 0 spiro atoms. The molecule has 0 bridgehead atoms. The third-order valence-electron chi connectivity index (χ3n) is 3.15. The Balaban J connectivity index is 0.000000412. The minimum atomic E-state index is -5.08. The van der Waals surface area contributed by atoms with Gasteiger partial charge in [0.05, 0.1) is 11.6 Å². The maximum absolute atomic E-state index is 11.8. The molecule has 0 radical (unpaired) electrons. The minimum absolute atomic E-state index is 0.0270. The second-order valence-electron chi connectivity index (χ2n) is 5.27. The summed E-state index contributed by atoms with van der Waals surface area (Å²) in [5.41, 5.74) is -0.347. The van der Waals surface area contributed by atoms with Gasteiger partial charge in [0.25, 0.3) is 5.91 Å². The molecule has 0 unspecified atom stereocenters. The second kappa shape index (κ2) is 8.24. The first kappa shape index (κ1) is 20.8. The number of alkyl halides is 3. The fourth-order valence-electron chi connectivity index (χ4n) is 1.54. The maximum Gasteiger partial charge on any atom is 0.490 e. The molecule has 0 saturated heterocycles. The van der Waals surface area contributed by atoms with E-state index in [2.05, 4.69) is 16.5 Å². The van der Waals surface area contributed by atoms with Gasteiger partial charge in [-0.05, 0) is 17.9 Å². The first-order valence-corrected chi connectivity index (χ1v) is 7.10. The summed E-state index contributed by atoms with van der Waals surface area (Å²) in [6.07, 6.45) is -0.850. The number of aliphatic carboxylic acids is 2. The summed E-state index contributed by atoms with van der Waals surface area (Å²) in [5.74, 6) is -4.00. The monoisotopic (exact) mass is 375 g/mol. The SMILES string of the molecule is N#CC1(NC(=O)c2cc[n+](CCC(=O)O)nc2)CC1.O=C(O)C(F)(F)F. The van der Waals surface area contributed by atoms with E-state index in [4.69, 9.17) is 20.3 Å². The van der Waals surface area contributed by atoms with Crippen LogP contribution in [0.4, 0.5) is 13.2 Å². The molecule has 3 N–H and O–H groups in total. The van der Waals surface area contributed by atoms with Gasteiger partial charge >= 0.3 is 18.1 Å². The van der Waals surface area contributed by atoms with Crippen LogP contribution >= 0.6 is 0 Å². The van der Waals surface area contributed by atoms with Crippen LogP contribution in [-0.2, 0) is 16.1 Å². The molecular formula is C14H14F3N4O5+. The molecule has 1 heterocycles. The highest BCUT2D eigenvalue weighted by molar-refractivity contribution is 5.94. The van der Waals surface area contributed by atoms with Gasteiger partial charge in [0.2, 0.25) is 0 Å². The fourth-order valence-corrected chi connectivity index (χ4v) is 1.54. The molecule has 0 aliphatic heterocycles. The lowest BCUT2D eigenvalue weighted by Crippen LogP contribution is -2.40. The Morgan fingerprint density at radius 2 is 1.92 bits per heavy atom. The van der Waals surface area contributed by atoms with Crippen molar-refractivity contribution in [3.8, 4) is 6.07 Å². The summed E-state index contributed by atoms with van der Waals surface area (Å²) in [6.45, 7) is 0.249. The Morgan fingerprint density at radius 1 is 1.35 bits per heavy atom. The first-order valence-electron chi connectivity index (χ1n) is 7.10. The lowest BCUT2D eigenvalue weighted by molar-refractivity contribution is -0.753. The number of nitrogens with zero attached hydrogens (tertiary/aromatic N) is 3. The predicted octanol–water partition coefficient (Wildman–Crippen LogP) is 0.263. The number of carbonyl (C=O) groups is 3. The normalized spacial score (nSPS) is 14.2. The van der Waals surface area contributed by atoms with E-state index in [1.54, 1.807) is 12.3 Å². The summed E-state index contributed by atoms with van der Waals surface area (Å²) >= 11 is 0. The molecule has 0 aromatic carbocycles. The van der Waals surface area contributed by atoms with Crippen LogP contribution in [0.15, 0.2) is 18.5 Å². The summed E-state index contributed by atoms with van der Waals surface area (Å²) in [7, 11) is 0. The second-order valence-corrected chi connectivity index (χ2v) is 5.27. The van der Waals surface area contributed by atoms with E-state index in [0.29, 0.717) is 18.4 Å². The zero-order valence-electron chi connectivity index (χ0n) is 13.2. The molecular weight excluding hydrogens is 361 g/mol. The van der Waals surface area contributed by atoms with Crippen LogP contribution in [-0.4, -0.2) is 44.9 Å². The van der Waals surface area contributed by atoms with Crippen LogP contribution < -0.4 is 10.00 Å². The average Bonchev–Trinajstić information content (AvgIpc) is 3.33. The Labute approximate surface area is 144 Å². The molecule has 1 saturated carbocycles. The van der Waals surface area contributed by atoms with Crippen molar-refractivity contribution in [3.05, 3.63) is 24.0 Å². The van der Waals surface area contributed by atoms with Crippen LogP contribution in [0, 0.1) is 11.3 Å². The number of nitrogens with one attached hydrogen (secondary N) is 1. The molecule has 1 aliphatic rings. The first-order chi connectivity index (χ1) is 12.0. The number of rotatable bonds is 5. The number of carboxylic acid groups (broad SMARTS) is 2. The van der Waals surface area contributed by atoms with Gasteiger partial charge in [0.15, 0.2) is 12.7 Å². The van der Waals surface area contributed by atoms with Crippen molar-refractivity contribution in [1.29, 1.82) is 5.26 Å². The molecule has 1 fully saturated rings. The minimum Gasteiger partial charge on any atom is -0.481 e. The molecule has 140 valence electrons. The van der Waals surface area contributed by atoms with Crippen LogP contribution in [0.2, 0.25) is 0 Å². The topological polar surface area (TPSA) is 144 Å². The molecule has 26 heavy (non-hydrogen) atoms. The van der Waals surface area contributed by atoms with Crippen LogP contribution in [0.5, 0.6) is 0 Å². The number of carboxylic acids is 2. The molecule has 1 amide bonds. The van der Waals surface area contributed by atoms with Gasteiger partial charge in [-0.3, -0.25) is 9.59 Å². The zero-order valence-corrected chi connectivity index (χ0v) is 13.2. The largest absolute Gasteiger partial charge is 0.490 e. The van der Waals surface area contributed by atoms with E-state index < -0.39 is 23.7 Å². The third kappa shape index (κ3) is 6.71. The predicted molar refractivity (Wildman–Crippen MR) is 75.4 cm³/mol. The van der Waals surface area contributed by atoms with Crippen molar-refractivity contribution >= 4 is 17.8 Å². The van der Waals surface area contributed by atoms with Gasteiger partial charge in [0.1, 0.15) is 18.2 Å². The van der Waals surface area contributed by atoms with Gasteiger partial charge in [-0.15, -0.1) is 0 Å². The Bertz CT molecular complexity index is 724. The van der Waals surface area contributed by atoms with E-state index in [1.807, 2.05) is 0 Å². The van der Waals surface area contributed by atoms with Crippen molar-refractivity contribution < 1.29 is 42.4 Å². The standard InChI is InChI=1S/C12H12N4O3.C2HF3O2/c13-8-12(3-4-12)15-11(19)9-1-5-16(14-7-9)6-2-10(17)18;3-2(4,5)1(6)7/h1,5,7H,2-4,6H2,(H-,15,17,18,19);(H,6,7)/p+1. The lowest BCUT2D eigenvalue weighted by atomic mass is 10.2. The highest BCUT2D eigenvalue weighted by Gasteiger charge is 2.44. The van der Waals surface area contributed by atoms with Gasteiger partial charge in [-0.1, -0.05) is 4.68 Å². The average molecular weight is 375 g/mol. The Morgan fingerprint density at radius 3 is 2.27 bits per heavy atom. The number of nitriles is 1. The fraction of sp³-hybridized carbons (Fsp3) is 0.429. The maximum atomic E-state index is 11.8. The molecule has 1 aromatic heterocycles. The van der Waals surface area contributed by atoms with Crippen molar-refractivity contribution in [2.24, 2.45) is 0 Å². The zero-order chi connectivity index (χ0) is 20.0. The summed E-state index contributed by atoms with van der Waals surface area (Å²) in [4.78, 5) is 31.1. The van der Waals surface area contributed by atoms with E-state index in [1.165, 1.54) is 10.9 Å².